The summed E-state index contributed by atoms with van der Waals surface area (Å²) in [5, 5.41) is 4.23. The molecule has 26 heavy (non-hydrogen) atoms. The van der Waals surface area contributed by atoms with E-state index < -0.39 is 0 Å². The predicted molar refractivity (Wildman–Crippen MR) is 106 cm³/mol. The van der Waals surface area contributed by atoms with Crippen molar-refractivity contribution in [1.29, 1.82) is 0 Å². The number of hydrogen-bond acceptors (Lipinski definition) is 4. The summed E-state index contributed by atoms with van der Waals surface area (Å²) in [6, 6.07) is 7.27. The maximum atomic E-state index is 12.3. The highest BCUT2D eigenvalue weighted by Crippen LogP contribution is 2.25. The molecule has 0 aliphatic carbocycles. The van der Waals surface area contributed by atoms with Gasteiger partial charge in [0.25, 0.3) is 5.56 Å². The molecule has 0 aliphatic rings. The molecule has 0 fully saturated rings. The summed E-state index contributed by atoms with van der Waals surface area (Å²) < 4.78 is 0. The topological polar surface area (TPSA) is 74.8 Å². The summed E-state index contributed by atoms with van der Waals surface area (Å²) in [7, 11) is 0. The molecule has 3 aromatic rings. The lowest BCUT2D eigenvalue weighted by molar-refractivity contribution is -0.121. The SMILES string of the molecule is Cc1sc2nc(CCC(=O)NC(C)c3cccc(Cl)c3)[nH]c(=O)c2c1C. The van der Waals surface area contributed by atoms with Crippen LogP contribution in [0, 0.1) is 13.8 Å². The van der Waals surface area contributed by atoms with Crippen molar-refractivity contribution in [3.8, 4) is 0 Å². The zero-order valence-electron chi connectivity index (χ0n) is 14.9. The van der Waals surface area contributed by atoms with Gasteiger partial charge in [0.05, 0.1) is 11.4 Å². The summed E-state index contributed by atoms with van der Waals surface area (Å²) in [5.41, 5.74) is 1.78. The number of benzene rings is 1. The minimum Gasteiger partial charge on any atom is -0.350 e. The van der Waals surface area contributed by atoms with Gasteiger partial charge in [0, 0.05) is 22.7 Å². The molecule has 1 amide bonds. The molecule has 0 radical (unpaired) electrons. The summed E-state index contributed by atoms with van der Waals surface area (Å²) in [6.07, 6.45) is 0.637. The molecule has 0 saturated carbocycles. The molecule has 136 valence electrons. The number of carbonyl (C=O) groups is 1. The standard InChI is InChI=1S/C19H20ClN3O2S/c1-10-12(3)26-19-17(10)18(25)22-15(23-19)7-8-16(24)21-11(2)13-5-4-6-14(20)9-13/h4-6,9,11H,7-8H2,1-3H3,(H,21,24)(H,22,23,25). The van der Waals surface area contributed by atoms with Gasteiger partial charge in [0.2, 0.25) is 5.91 Å². The molecule has 1 aromatic carbocycles. The van der Waals surface area contributed by atoms with Crippen molar-refractivity contribution < 1.29 is 4.79 Å². The number of carbonyl (C=O) groups excluding carboxylic acids is 1. The van der Waals surface area contributed by atoms with E-state index in [1.807, 2.05) is 39.0 Å². The smallest absolute Gasteiger partial charge is 0.259 e. The zero-order valence-corrected chi connectivity index (χ0v) is 16.4. The van der Waals surface area contributed by atoms with E-state index >= 15 is 0 Å². The van der Waals surface area contributed by atoms with Crippen molar-refractivity contribution >= 4 is 39.1 Å². The lowest BCUT2D eigenvalue weighted by Gasteiger charge is -2.14. The van der Waals surface area contributed by atoms with Crippen molar-refractivity contribution in [3.63, 3.8) is 0 Å². The summed E-state index contributed by atoms with van der Waals surface area (Å²) in [5.74, 6) is 0.438. The maximum Gasteiger partial charge on any atom is 0.259 e. The number of H-pyrrole nitrogens is 1. The first-order chi connectivity index (χ1) is 12.3. The van der Waals surface area contributed by atoms with Gasteiger partial charge in [0.1, 0.15) is 10.7 Å². The lowest BCUT2D eigenvalue weighted by Crippen LogP contribution is -2.27. The Morgan fingerprint density at radius 2 is 2.15 bits per heavy atom. The van der Waals surface area contributed by atoms with Gasteiger partial charge >= 0.3 is 0 Å². The molecule has 5 nitrogen and oxygen atoms in total. The number of halogens is 1. The molecule has 0 aliphatic heterocycles. The largest absolute Gasteiger partial charge is 0.350 e. The van der Waals surface area contributed by atoms with Crippen LogP contribution >= 0.6 is 22.9 Å². The minimum atomic E-state index is -0.140. The van der Waals surface area contributed by atoms with Gasteiger partial charge in [-0.05, 0) is 44.0 Å². The number of nitrogens with zero attached hydrogens (tertiary/aromatic N) is 1. The number of aromatic nitrogens is 2. The number of amides is 1. The fourth-order valence-electron chi connectivity index (χ4n) is 2.82. The Hall–Kier alpha value is -2.18. The van der Waals surface area contributed by atoms with Crippen LogP contribution in [0.2, 0.25) is 5.02 Å². The van der Waals surface area contributed by atoms with Gasteiger partial charge in [-0.3, -0.25) is 9.59 Å². The zero-order chi connectivity index (χ0) is 18.8. The maximum absolute atomic E-state index is 12.3. The molecule has 0 spiro atoms. The van der Waals surface area contributed by atoms with Crippen LogP contribution in [0.5, 0.6) is 0 Å². The molecule has 2 N–H and O–H groups in total. The number of nitrogens with one attached hydrogen (secondary N) is 2. The molecule has 0 bridgehead atoms. The Morgan fingerprint density at radius 1 is 1.38 bits per heavy atom. The van der Waals surface area contributed by atoms with Gasteiger partial charge in [-0.15, -0.1) is 11.3 Å². The van der Waals surface area contributed by atoms with Crippen LogP contribution < -0.4 is 10.9 Å². The Morgan fingerprint density at radius 3 is 2.88 bits per heavy atom. The van der Waals surface area contributed by atoms with Crippen molar-refractivity contribution in [2.24, 2.45) is 0 Å². The van der Waals surface area contributed by atoms with E-state index in [1.165, 1.54) is 11.3 Å². The fourth-order valence-corrected chi connectivity index (χ4v) is 4.07. The molecule has 1 unspecified atom stereocenters. The first-order valence-electron chi connectivity index (χ1n) is 8.39. The molecular formula is C19H20ClN3O2S. The average molecular weight is 390 g/mol. The van der Waals surface area contributed by atoms with E-state index in [9.17, 15) is 9.59 Å². The first kappa shape index (κ1) is 18.6. The van der Waals surface area contributed by atoms with Gasteiger partial charge in [-0.2, -0.15) is 0 Å². The van der Waals surface area contributed by atoms with E-state index in [0.717, 1.165) is 20.8 Å². The van der Waals surface area contributed by atoms with Gasteiger partial charge < -0.3 is 10.3 Å². The summed E-state index contributed by atoms with van der Waals surface area (Å²) in [6.45, 7) is 5.81. The van der Waals surface area contributed by atoms with Crippen LogP contribution in [-0.4, -0.2) is 15.9 Å². The van der Waals surface area contributed by atoms with E-state index in [4.69, 9.17) is 11.6 Å². The van der Waals surface area contributed by atoms with Crippen molar-refractivity contribution in [2.75, 3.05) is 0 Å². The minimum absolute atomic E-state index is 0.0984. The summed E-state index contributed by atoms with van der Waals surface area (Å²) >= 11 is 7.49. The van der Waals surface area contributed by atoms with E-state index in [0.29, 0.717) is 22.7 Å². The lowest BCUT2D eigenvalue weighted by atomic mass is 10.1. The third-order valence-electron chi connectivity index (χ3n) is 4.40. The number of thiophene rings is 1. The van der Waals surface area contributed by atoms with E-state index in [2.05, 4.69) is 15.3 Å². The Balaban J connectivity index is 1.66. The predicted octanol–water partition coefficient (Wildman–Crippen LogP) is 4.06. The molecule has 3 rings (SSSR count). The Labute approximate surface area is 160 Å². The second-order valence-electron chi connectivity index (χ2n) is 6.32. The van der Waals surface area contributed by atoms with Crippen molar-refractivity contribution in [2.45, 2.75) is 39.7 Å². The monoisotopic (exact) mass is 389 g/mol. The number of aromatic amines is 1. The molecule has 2 aromatic heterocycles. The second-order valence-corrected chi connectivity index (χ2v) is 7.96. The van der Waals surface area contributed by atoms with Gasteiger partial charge in [0.15, 0.2) is 0 Å². The Kier molecular flexibility index (Phi) is 5.44. The number of rotatable bonds is 5. The van der Waals surface area contributed by atoms with Crippen LogP contribution in [-0.2, 0) is 11.2 Å². The Bertz CT molecular complexity index is 1030. The highest BCUT2D eigenvalue weighted by Gasteiger charge is 2.14. The van der Waals surface area contributed by atoms with E-state index in [-0.39, 0.29) is 23.9 Å². The van der Waals surface area contributed by atoms with Gasteiger partial charge in [-0.1, -0.05) is 23.7 Å². The van der Waals surface area contributed by atoms with Crippen molar-refractivity contribution in [3.05, 3.63) is 61.5 Å². The third kappa shape index (κ3) is 3.97. The highest BCUT2D eigenvalue weighted by atomic mass is 35.5. The first-order valence-corrected chi connectivity index (χ1v) is 9.58. The van der Waals surface area contributed by atoms with Crippen LogP contribution in [0.3, 0.4) is 0 Å². The van der Waals surface area contributed by atoms with Crippen LogP contribution in [0.1, 0.15) is 41.2 Å². The molecule has 0 saturated heterocycles. The van der Waals surface area contributed by atoms with E-state index in [1.54, 1.807) is 6.07 Å². The van der Waals surface area contributed by atoms with Gasteiger partial charge in [-0.25, -0.2) is 4.98 Å². The molecule has 7 heteroatoms. The third-order valence-corrected chi connectivity index (χ3v) is 5.74. The normalized spacial score (nSPS) is 12.3. The highest BCUT2D eigenvalue weighted by molar-refractivity contribution is 7.18. The second kappa shape index (κ2) is 7.60. The number of fused-ring (bicyclic) bond motifs is 1. The van der Waals surface area contributed by atoms with Crippen molar-refractivity contribution in [1.82, 2.24) is 15.3 Å². The molecule has 1 atom stereocenters. The molecular weight excluding hydrogens is 370 g/mol. The van der Waals surface area contributed by atoms with Crippen LogP contribution in [0.15, 0.2) is 29.1 Å². The quantitative estimate of drug-likeness (QED) is 0.690. The number of aryl methyl sites for hydroxylation is 3. The average Bonchev–Trinajstić information content (AvgIpc) is 2.87. The fraction of sp³-hybridized carbons (Fsp3) is 0.316. The van der Waals surface area contributed by atoms with Crippen LogP contribution in [0.4, 0.5) is 0 Å². The molecule has 2 heterocycles. The number of hydrogen-bond donors (Lipinski definition) is 2. The van der Waals surface area contributed by atoms with Crippen LogP contribution in [0.25, 0.3) is 10.2 Å². The summed E-state index contributed by atoms with van der Waals surface area (Å²) in [4.78, 5) is 33.6.